The van der Waals surface area contributed by atoms with Gasteiger partial charge < -0.3 is 10.8 Å². The number of aliphatic carboxylic acids is 1. The normalized spacial score (nSPS) is 28.3. The van der Waals surface area contributed by atoms with Gasteiger partial charge in [0, 0.05) is 5.54 Å². The van der Waals surface area contributed by atoms with Gasteiger partial charge >= 0.3 is 5.97 Å². The summed E-state index contributed by atoms with van der Waals surface area (Å²) in [6, 6.07) is 0. The van der Waals surface area contributed by atoms with E-state index in [1.165, 1.54) is 0 Å². The van der Waals surface area contributed by atoms with Crippen molar-refractivity contribution in [2.75, 3.05) is 11.5 Å². The highest BCUT2D eigenvalue weighted by molar-refractivity contribution is 7.99. The molecule has 12 heavy (non-hydrogen) atoms. The van der Waals surface area contributed by atoms with Crippen LogP contribution in [-0.4, -0.2) is 28.1 Å². The van der Waals surface area contributed by atoms with Crippen LogP contribution < -0.4 is 5.73 Å². The predicted molar refractivity (Wildman–Crippen MR) is 50.3 cm³/mol. The molecule has 1 saturated heterocycles. The molecule has 1 fully saturated rings. The molecule has 1 aliphatic heterocycles. The summed E-state index contributed by atoms with van der Waals surface area (Å²) < 4.78 is 0. The number of thioether (sulfide) groups is 1. The molecule has 0 aliphatic carbocycles. The fourth-order valence-corrected chi connectivity index (χ4v) is 2.97. The van der Waals surface area contributed by atoms with Crippen LogP contribution in [0.4, 0.5) is 0 Å². The van der Waals surface area contributed by atoms with Gasteiger partial charge in [-0.25, -0.2) is 0 Å². The molecule has 70 valence electrons. The first kappa shape index (κ1) is 9.86. The first-order valence-corrected chi connectivity index (χ1v) is 5.26. The van der Waals surface area contributed by atoms with Crippen LogP contribution in [0, 0.1) is 5.92 Å². The van der Waals surface area contributed by atoms with Crippen molar-refractivity contribution in [1.82, 2.24) is 0 Å². The molecule has 0 spiro atoms. The lowest BCUT2D eigenvalue weighted by Crippen LogP contribution is -2.46. The molecule has 2 unspecified atom stereocenters. The Morgan fingerprint density at radius 3 is 2.92 bits per heavy atom. The van der Waals surface area contributed by atoms with Gasteiger partial charge in [-0.15, -0.1) is 0 Å². The van der Waals surface area contributed by atoms with Crippen LogP contribution in [0.25, 0.3) is 0 Å². The summed E-state index contributed by atoms with van der Waals surface area (Å²) >= 11 is 1.86. The van der Waals surface area contributed by atoms with Crippen molar-refractivity contribution in [2.45, 2.75) is 25.3 Å². The minimum Gasteiger partial charge on any atom is -0.481 e. The number of rotatable bonds is 3. The maximum Gasteiger partial charge on any atom is 0.305 e. The van der Waals surface area contributed by atoms with E-state index < -0.39 is 11.5 Å². The van der Waals surface area contributed by atoms with Crippen molar-refractivity contribution in [3.63, 3.8) is 0 Å². The quantitative estimate of drug-likeness (QED) is 0.693. The molecule has 0 aromatic carbocycles. The molecule has 1 heterocycles. The van der Waals surface area contributed by atoms with Crippen LogP contribution in [-0.2, 0) is 4.79 Å². The number of carboxylic acid groups (broad SMARTS) is 1. The zero-order chi connectivity index (χ0) is 9.19. The average molecular weight is 189 g/mol. The molecule has 1 rings (SSSR count). The summed E-state index contributed by atoms with van der Waals surface area (Å²) in [7, 11) is 0. The first-order valence-electron chi connectivity index (χ1n) is 4.11. The SMILES string of the molecule is CC(N)(CC(=O)O)C1CCSC1. The van der Waals surface area contributed by atoms with Crippen LogP contribution in [0.1, 0.15) is 19.8 Å². The molecule has 0 saturated carbocycles. The molecule has 1 aliphatic rings. The highest BCUT2D eigenvalue weighted by atomic mass is 32.2. The largest absolute Gasteiger partial charge is 0.481 e. The smallest absolute Gasteiger partial charge is 0.305 e. The van der Waals surface area contributed by atoms with Gasteiger partial charge in [-0.1, -0.05) is 0 Å². The van der Waals surface area contributed by atoms with E-state index in [-0.39, 0.29) is 6.42 Å². The summed E-state index contributed by atoms with van der Waals surface area (Å²) in [6.07, 6.45) is 1.14. The predicted octanol–water partition coefficient (Wildman–Crippen LogP) is 0.932. The number of hydrogen-bond acceptors (Lipinski definition) is 3. The second-order valence-corrected chi connectivity index (χ2v) is 4.79. The third-order valence-corrected chi connectivity index (χ3v) is 3.56. The minimum absolute atomic E-state index is 0.0816. The summed E-state index contributed by atoms with van der Waals surface area (Å²) in [6.45, 7) is 1.84. The molecule has 0 aromatic heterocycles. The monoisotopic (exact) mass is 189 g/mol. The lowest BCUT2D eigenvalue weighted by atomic mass is 9.83. The number of nitrogens with two attached hydrogens (primary N) is 1. The van der Waals surface area contributed by atoms with Gasteiger partial charge in [-0.05, 0) is 30.8 Å². The highest BCUT2D eigenvalue weighted by Crippen LogP contribution is 2.32. The van der Waals surface area contributed by atoms with E-state index >= 15 is 0 Å². The van der Waals surface area contributed by atoms with Crippen LogP contribution in [0.2, 0.25) is 0 Å². The molecule has 0 bridgehead atoms. The van der Waals surface area contributed by atoms with Gasteiger partial charge in [0.25, 0.3) is 0 Å². The number of carboxylic acids is 1. The Kier molecular flexibility index (Phi) is 3.01. The van der Waals surface area contributed by atoms with E-state index in [2.05, 4.69) is 0 Å². The Morgan fingerprint density at radius 1 is 1.83 bits per heavy atom. The minimum atomic E-state index is -0.795. The van der Waals surface area contributed by atoms with E-state index in [4.69, 9.17) is 10.8 Å². The lowest BCUT2D eigenvalue weighted by Gasteiger charge is -2.29. The van der Waals surface area contributed by atoms with Crippen LogP contribution >= 0.6 is 11.8 Å². The van der Waals surface area contributed by atoms with Crippen LogP contribution in [0.5, 0.6) is 0 Å². The number of carbonyl (C=O) groups is 1. The molecule has 0 radical (unpaired) electrons. The van der Waals surface area contributed by atoms with Crippen LogP contribution in [0.3, 0.4) is 0 Å². The van der Waals surface area contributed by atoms with E-state index in [0.717, 1.165) is 17.9 Å². The molecular formula is C8H15NO2S. The lowest BCUT2D eigenvalue weighted by molar-refractivity contribution is -0.138. The van der Waals surface area contributed by atoms with Crippen molar-refractivity contribution < 1.29 is 9.90 Å². The van der Waals surface area contributed by atoms with Crippen LogP contribution in [0.15, 0.2) is 0 Å². The Morgan fingerprint density at radius 2 is 2.50 bits per heavy atom. The Balaban J connectivity index is 2.50. The third-order valence-electron chi connectivity index (χ3n) is 2.39. The van der Waals surface area contributed by atoms with Crippen molar-refractivity contribution in [3.8, 4) is 0 Å². The third kappa shape index (κ3) is 2.38. The van der Waals surface area contributed by atoms with Gasteiger partial charge in [0.2, 0.25) is 0 Å². The fraction of sp³-hybridized carbons (Fsp3) is 0.875. The zero-order valence-corrected chi connectivity index (χ0v) is 8.06. The van der Waals surface area contributed by atoms with Crippen molar-refractivity contribution >= 4 is 17.7 Å². The molecular weight excluding hydrogens is 174 g/mol. The molecule has 4 heteroatoms. The second-order valence-electron chi connectivity index (χ2n) is 3.64. The van der Waals surface area contributed by atoms with Crippen molar-refractivity contribution in [3.05, 3.63) is 0 Å². The Bertz CT molecular complexity index is 176. The summed E-state index contributed by atoms with van der Waals surface area (Å²) in [4.78, 5) is 10.5. The molecule has 0 aromatic rings. The maximum absolute atomic E-state index is 10.5. The van der Waals surface area contributed by atoms with Gasteiger partial charge in [-0.2, -0.15) is 11.8 Å². The van der Waals surface area contributed by atoms with Crippen molar-refractivity contribution in [1.29, 1.82) is 0 Å². The summed E-state index contributed by atoms with van der Waals surface area (Å²) in [5.41, 5.74) is 5.41. The standard InChI is InChI=1S/C8H15NO2S/c1-8(9,4-7(10)11)6-2-3-12-5-6/h6H,2-5,9H2,1H3,(H,10,11). The highest BCUT2D eigenvalue weighted by Gasteiger charge is 2.34. The molecule has 0 amide bonds. The maximum atomic E-state index is 10.5. The summed E-state index contributed by atoms with van der Waals surface area (Å²) in [5, 5.41) is 8.62. The van der Waals surface area contributed by atoms with Gasteiger partial charge in [0.15, 0.2) is 0 Å². The topological polar surface area (TPSA) is 63.3 Å². The summed E-state index contributed by atoms with van der Waals surface area (Å²) in [5.74, 6) is 1.72. The van der Waals surface area contributed by atoms with Gasteiger partial charge in [0.1, 0.15) is 0 Å². The van der Waals surface area contributed by atoms with E-state index in [9.17, 15) is 4.79 Å². The number of hydrogen-bond donors (Lipinski definition) is 2. The molecule has 2 atom stereocenters. The Hall–Kier alpha value is -0.220. The van der Waals surface area contributed by atoms with Crippen molar-refractivity contribution in [2.24, 2.45) is 11.7 Å². The zero-order valence-electron chi connectivity index (χ0n) is 7.25. The second kappa shape index (κ2) is 3.66. The first-order chi connectivity index (χ1) is 5.52. The Labute approximate surface area is 76.7 Å². The van der Waals surface area contributed by atoms with E-state index in [0.29, 0.717) is 5.92 Å². The molecule has 3 nitrogen and oxygen atoms in total. The molecule has 3 N–H and O–H groups in total. The fourth-order valence-electron chi connectivity index (χ4n) is 1.52. The van der Waals surface area contributed by atoms with E-state index in [1.807, 2.05) is 18.7 Å². The van der Waals surface area contributed by atoms with Gasteiger partial charge in [-0.3, -0.25) is 4.79 Å². The average Bonchev–Trinajstić information content (AvgIpc) is 2.32. The van der Waals surface area contributed by atoms with Gasteiger partial charge in [0.05, 0.1) is 6.42 Å². The van der Waals surface area contributed by atoms with E-state index in [1.54, 1.807) is 0 Å².